The molecule has 2 atom stereocenters. The fourth-order valence-corrected chi connectivity index (χ4v) is 3.75. The van der Waals surface area contributed by atoms with Crippen LogP contribution in [0, 0.1) is 5.82 Å². The molecule has 1 saturated heterocycles. The van der Waals surface area contributed by atoms with Gasteiger partial charge in [0.15, 0.2) is 0 Å². The second-order valence-electron chi connectivity index (χ2n) is 7.11. The molecule has 0 aliphatic carbocycles. The molecular formula is C21H22FN3O2. The normalized spacial score (nSPS) is 20.9. The molecule has 0 spiro atoms. The molecule has 0 bridgehead atoms. The van der Waals surface area contributed by atoms with E-state index in [2.05, 4.69) is 4.90 Å². The van der Waals surface area contributed by atoms with Crippen molar-refractivity contribution >= 4 is 10.9 Å². The number of fused-ring (bicyclic) bond motifs is 1. The Morgan fingerprint density at radius 1 is 1.07 bits per heavy atom. The van der Waals surface area contributed by atoms with Gasteiger partial charge in [0, 0.05) is 13.1 Å². The highest BCUT2D eigenvalue weighted by Crippen LogP contribution is 2.18. The molecule has 0 amide bonds. The molecular weight excluding hydrogens is 345 g/mol. The van der Waals surface area contributed by atoms with E-state index in [1.807, 2.05) is 32.0 Å². The van der Waals surface area contributed by atoms with E-state index >= 15 is 0 Å². The first-order valence-electron chi connectivity index (χ1n) is 9.15. The summed E-state index contributed by atoms with van der Waals surface area (Å²) < 4.78 is 20.8. The average Bonchev–Trinajstić information content (AvgIpc) is 2.62. The van der Waals surface area contributed by atoms with E-state index in [0.29, 0.717) is 29.0 Å². The van der Waals surface area contributed by atoms with Gasteiger partial charge in [-0.05, 0) is 50.2 Å². The van der Waals surface area contributed by atoms with E-state index in [-0.39, 0.29) is 23.6 Å². The predicted molar refractivity (Wildman–Crippen MR) is 103 cm³/mol. The SMILES string of the molecule is CC1CN(Cc2nc3ccccc3c(=O)n2-c2ccc(F)cc2)CC(C)O1. The van der Waals surface area contributed by atoms with Gasteiger partial charge in [-0.2, -0.15) is 0 Å². The van der Waals surface area contributed by atoms with Gasteiger partial charge in [0.1, 0.15) is 11.6 Å². The molecule has 1 fully saturated rings. The topological polar surface area (TPSA) is 47.4 Å². The fraction of sp³-hybridized carbons (Fsp3) is 0.333. The van der Waals surface area contributed by atoms with E-state index in [1.54, 1.807) is 22.8 Å². The van der Waals surface area contributed by atoms with Crippen molar-refractivity contribution in [3.8, 4) is 5.69 Å². The number of aromatic nitrogens is 2. The molecule has 2 unspecified atom stereocenters. The molecule has 0 N–H and O–H groups in total. The molecule has 1 aliphatic heterocycles. The Balaban J connectivity index is 1.83. The van der Waals surface area contributed by atoms with Crippen LogP contribution in [-0.4, -0.2) is 39.7 Å². The molecule has 1 aromatic heterocycles. The molecule has 4 rings (SSSR count). The minimum absolute atomic E-state index is 0.125. The van der Waals surface area contributed by atoms with Crippen molar-refractivity contribution in [3.05, 3.63) is 70.5 Å². The maximum absolute atomic E-state index is 13.4. The number of hydrogen-bond acceptors (Lipinski definition) is 4. The minimum Gasteiger partial charge on any atom is -0.373 e. The number of morpholine rings is 1. The number of hydrogen-bond donors (Lipinski definition) is 0. The molecule has 1 aliphatic rings. The quantitative estimate of drug-likeness (QED) is 0.714. The third-order valence-electron chi connectivity index (χ3n) is 4.79. The molecule has 6 heteroatoms. The molecule has 0 saturated carbocycles. The lowest BCUT2D eigenvalue weighted by Gasteiger charge is -2.35. The van der Waals surface area contributed by atoms with Gasteiger partial charge in [0.2, 0.25) is 0 Å². The van der Waals surface area contributed by atoms with Gasteiger partial charge in [-0.1, -0.05) is 12.1 Å². The van der Waals surface area contributed by atoms with Crippen LogP contribution in [0.5, 0.6) is 0 Å². The van der Waals surface area contributed by atoms with Crippen LogP contribution >= 0.6 is 0 Å². The van der Waals surface area contributed by atoms with Crippen LogP contribution in [-0.2, 0) is 11.3 Å². The summed E-state index contributed by atoms with van der Waals surface area (Å²) in [6, 6.07) is 13.3. The Morgan fingerprint density at radius 2 is 1.74 bits per heavy atom. The van der Waals surface area contributed by atoms with Crippen molar-refractivity contribution in [2.24, 2.45) is 0 Å². The van der Waals surface area contributed by atoms with Crippen LogP contribution < -0.4 is 5.56 Å². The Bertz CT molecular complexity index is 1010. The third-order valence-corrected chi connectivity index (χ3v) is 4.79. The number of benzene rings is 2. The zero-order chi connectivity index (χ0) is 19.0. The first-order chi connectivity index (χ1) is 13.0. The molecule has 3 aromatic rings. The van der Waals surface area contributed by atoms with Gasteiger partial charge in [-0.3, -0.25) is 14.3 Å². The van der Waals surface area contributed by atoms with E-state index in [9.17, 15) is 9.18 Å². The van der Waals surface area contributed by atoms with Gasteiger partial charge < -0.3 is 4.74 Å². The number of ether oxygens (including phenoxy) is 1. The summed E-state index contributed by atoms with van der Waals surface area (Å²) in [5.41, 5.74) is 1.14. The van der Waals surface area contributed by atoms with E-state index in [0.717, 1.165) is 13.1 Å². The summed E-state index contributed by atoms with van der Waals surface area (Å²) in [5.74, 6) is 0.310. The zero-order valence-corrected chi connectivity index (χ0v) is 15.4. The van der Waals surface area contributed by atoms with Crippen LogP contribution in [0.25, 0.3) is 16.6 Å². The van der Waals surface area contributed by atoms with Crippen molar-refractivity contribution < 1.29 is 9.13 Å². The summed E-state index contributed by atoms with van der Waals surface area (Å²) in [5, 5.41) is 0.550. The summed E-state index contributed by atoms with van der Waals surface area (Å²) in [7, 11) is 0. The number of nitrogens with zero attached hydrogens (tertiary/aromatic N) is 3. The second kappa shape index (κ2) is 7.21. The smallest absolute Gasteiger partial charge is 0.266 e. The lowest BCUT2D eigenvalue weighted by molar-refractivity contribution is -0.0712. The Hall–Kier alpha value is -2.57. The molecule has 2 heterocycles. The highest BCUT2D eigenvalue weighted by molar-refractivity contribution is 5.77. The summed E-state index contributed by atoms with van der Waals surface area (Å²) in [6.07, 6.45) is 0.250. The largest absolute Gasteiger partial charge is 0.373 e. The Morgan fingerprint density at radius 3 is 2.44 bits per heavy atom. The third kappa shape index (κ3) is 3.63. The van der Waals surface area contributed by atoms with Crippen molar-refractivity contribution in [2.75, 3.05) is 13.1 Å². The lowest BCUT2D eigenvalue weighted by Crippen LogP contribution is -2.45. The number of para-hydroxylation sites is 1. The first kappa shape index (κ1) is 17.8. The van der Waals surface area contributed by atoms with Gasteiger partial charge in [-0.15, -0.1) is 0 Å². The van der Waals surface area contributed by atoms with E-state index < -0.39 is 0 Å². The van der Waals surface area contributed by atoms with Crippen molar-refractivity contribution in [1.82, 2.24) is 14.5 Å². The van der Waals surface area contributed by atoms with E-state index in [1.165, 1.54) is 12.1 Å². The molecule has 0 radical (unpaired) electrons. The number of halogens is 1. The van der Waals surface area contributed by atoms with Gasteiger partial charge in [0.05, 0.1) is 35.3 Å². The summed E-state index contributed by atoms with van der Waals surface area (Å²) in [4.78, 5) is 20.2. The lowest BCUT2D eigenvalue weighted by atomic mass is 10.2. The Kier molecular flexibility index (Phi) is 4.76. The summed E-state index contributed by atoms with van der Waals surface area (Å²) in [6.45, 7) is 6.16. The minimum atomic E-state index is -0.335. The highest BCUT2D eigenvalue weighted by Gasteiger charge is 2.24. The summed E-state index contributed by atoms with van der Waals surface area (Å²) >= 11 is 0. The first-order valence-corrected chi connectivity index (χ1v) is 9.15. The second-order valence-corrected chi connectivity index (χ2v) is 7.11. The van der Waals surface area contributed by atoms with E-state index in [4.69, 9.17) is 9.72 Å². The molecule has 140 valence electrons. The van der Waals surface area contributed by atoms with Crippen LogP contribution in [0.4, 0.5) is 4.39 Å². The maximum atomic E-state index is 13.4. The van der Waals surface area contributed by atoms with Crippen LogP contribution in [0.1, 0.15) is 19.7 Å². The van der Waals surface area contributed by atoms with Crippen molar-refractivity contribution in [3.63, 3.8) is 0 Å². The van der Waals surface area contributed by atoms with Crippen LogP contribution in [0.2, 0.25) is 0 Å². The van der Waals surface area contributed by atoms with Crippen molar-refractivity contribution in [2.45, 2.75) is 32.6 Å². The molecule has 5 nitrogen and oxygen atoms in total. The van der Waals surface area contributed by atoms with Crippen molar-refractivity contribution in [1.29, 1.82) is 0 Å². The zero-order valence-electron chi connectivity index (χ0n) is 15.4. The van der Waals surface area contributed by atoms with Crippen LogP contribution in [0.15, 0.2) is 53.3 Å². The Labute approximate surface area is 157 Å². The fourth-order valence-electron chi connectivity index (χ4n) is 3.75. The predicted octanol–water partition coefficient (Wildman–Crippen LogP) is 3.13. The molecule has 2 aromatic carbocycles. The van der Waals surface area contributed by atoms with Gasteiger partial charge >= 0.3 is 0 Å². The highest BCUT2D eigenvalue weighted by atomic mass is 19.1. The average molecular weight is 367 g/mol. The van der Waals surface area contributed by atoms with Gasteiger partial charge in [0.25, 0.3) is 5.56 Å². The number of rotatable bonds is 3. The standard InChI is InChI=1S/C21H22FN3O2/c1-14-11-24(12-15(2)27-14)13-20-23-19-6-4-3-5-18(19)21(26)25(20)17-9-7-16(22)8-10-17/h3-10,14-15H,11-13H2,1-2H3. The molecule has 27 heavy (non-hydrogen) atoms. The maximum Gasteiger partial charge on any atom is 0.266 e. The van der Waals surface area contributed by atoms with Crippen LogP contribution in [0.3, 0.4) is 0 Å². The monoisotopic (exact) mass is 367 g/mol. The van der Waals surface area contributed by atoms with Gasteiger partial charge in [-0.25, -0.2) is 9.37 Å².